The number of hydrogen-bond acceptors (Lipinski definition) is 3. The van der Waals surface area contributed by atoms with Gasteiger partial charge in [0.15, 0.2) is 0 Å². The van der Waals surface area contributed by atoms with Crippen LogP contribution >= 0.6 is 11.8 Å². The summed E-state index contributed by atoms with van der Waals surface area (Å²) in [5, 5.41) is 0. The molecule has 2 N–H and O–H groups in total. The largest absolute Gasteiger partial charge is 0.320 e. The van der Waals surface area contributed by atoms with Crippen molar-refractivity contribution in [2.24, 2.45) is 5.73 Å². The van der Waals surface area contributed by atoms with Crippen molar-refractivity contribution in [1.82, 2.24) is 0 Å². The Morgan fingerprint density at radius 1 is 2.00 bits per heavy atom. The minimum atomic E-state index is -0.394. The zero-order valence-electron chi connectivity index (χ0n) is 4.18. The van der Waals surface area contributed by atoms with Gasteiger partial charge in [0, 0.05) is 5.75 Å². The first-order valence-corrected chi connectivity index (χ1v) is 3.33. The van der Waals surface area contributed by atoms with E-state index >= 15 is 0 Å². The summed E-state index contributed by atoms with van der Waals surface area (Å²) in [4.78, 5) is 9.63. The van der Waals surface area contributed by atoms with Crippen LogP contribution in [0.3, 0.4) is 0 Å². The van der Waals surface area contributed by atoms with E-state index in [1.165, 1.54) is 0 Å². The Labute approximate surface area is 47.5 Å². The van der Waals surface area contributed by atoms with Crippen molar-refractivity contribution in [3.63, 3.8) is 0 Å². The molecule has 0 spiro atoms. The lowest BCUT2D eigenvalue weighted by molar-refractivity contribution is 0.546. The average molecular weight is 118 g/mol. The number of hydrogen-bond donors (Lipinski definition) is 1. The Hall–Kier alpha value is -0.0200. The summed E-state index contributed by atoms with van der Waals surface area (Å²) in [6, 6.07) is -0.394. The molecule has 0 amide bonds. The molecule has 0 fully saturated rings. The van der Waals surface area contributed by atoms with Crippen LogP contribution in [0.4, 0.5) is 0 Å². The van der Waals surface area contributed by atoms with Gasteiger partial charge in [-0.25, -0.2) is 0 Å². The zero-order valence-corrected chi connectivity index (χ0v) is 4.99. The quantitative estimate of drug-likeness (QED) is 0.557. The van der Waals surface area contributed by atoms with Gasteiger partial charge in [-0.3, -0.25) is 4.79 Å². The minimum Gasteiger partial charge on any atom is -0.320 e. The van der Waals surface area contributed by atoms with Crippen LogP contribution in [-0.4, -0.2) is 24.3 Å². The molecule has 0 saturated heterocycles. The highest BCUT2D eigenvalue weighted by Crippen LogP contribution is 1.90. The number of carbonyl (C=O) groups excluding carboxylic acids is 1. The maximum absolute atomic E-state index is 9.63. The lowest BCUT2D eigenvalue weighted by atomic mass is 10.4. The summed E-state index contributed by atoms with van der Waals surface area (Å²) in [7, 11) is 0. The van der Waals surface area contributed by atoms with Crippen LogP contribution < -0.4 is 5.73 Å². The van der Waals surface area contributed by atoms with E-state index in [2.05, 4.69) is 0 Å². The lowest BCUT2D eigenvalue weighted by Gasteiger charge is -1.94. The second-order valence-electron chi connectivity index (χ2n) is 1.18. The standard InChI is InChI=1S/C4H8NOS/c1-7-3-4(5)2-6/h4H,3,5H2,1H3/t4-/m1/s1. The molecule has 0 aliphatic carbocycles. The SMILES string of the molecule is CSC[C@H](N)[C]=O. The van der Waals surface area contributed by atoms with E-state index in [0.29, 0.717) is 5.75 Å². The molecule has 0 rings (SSSR count). The topological polar surface area (TPSA) is 43.1 Å². The van der Waals surface area contributed by atoms with Gasteiger partial charge in [0.25, 0.3) is 0 Å². The Bertz CT molecular complexity index is 57.7. The molecular weight excluding hydrogens is 110 g/mol. The van der Waals surface area contributed by atoms with Gasteiger partial charge in [-0.1, -0.05) is 0 Å². The fourth-order valence-corrected chi connectivity index (χ4v) is 0.641. The molecule has 41 valence electrons. The fourth-order valence-electron chi connectivity index (χ4n) is 0.214. The van der Waals surface area contributed by atoms with Crippen LogP contribution in [0.5, 0.6) is 0 Å². The van der Waals surface area contributed by atoms with Crippen LogP contribution in [0.2, 0.25) is 0 Å². The Kier molecular flexibility index (Phi) is 4.14. The Morgan fingerprint density at radius 3 is 2.71 bits per heavy atom. The van der Waals surface area contributed by atoms with E-state index < -0.39 is 6.04 Å². The molecular formula is C4H8NOS. The third kappa shape index (κ3) is 3.82. The van der Waals surface area contributed by atoms with Gasteiger partial charge in [-0.2, -0.15) is 11.8 Å². The van der Waals surface area contributed by atoms with Crippen molar-refractivity contribution in [1.29, 1.82) is 0 Å². The van der Waals surface area contributed by atoms with Gasteiger partial charge in [0.2, 0.25) is 6.29 Å². The minimum absolute atomic E-state index is 0.394. The maximum atomic E-state index is 9.63. The first-order chi connectivity index (χ1) is 3.31. The molecule has 1 radical (unpaired) electrons. The van der Waals surface area contributed by atoms with E-state index in [0.717, 1.165) is 0 Å². The first kappa shape index (κ1) is 6.98. The number of rotatable bonds is 3. The molecule has 0 aromatic carbocycles. The molecule has 0 heterocycles. The molecule has 0 bridgehead atoms. The van der Waals surface area contributed by atoms with Gasteiger partial charge in [-0.05, 0) is 6.26 Å². The summed E-state index contributed by atoms with van der Waals surface area (Å²) in [6.45, 7) is 0. The molecule has 7 heavy (non-hydrogen) atoms. The normalized spacial score (nSPS) is 13.4. The predicted octanol–water partition coefficient (Wildman–Crippen LogP) is -0.214. The molecule has 3 heteroatoms. The number of thioether (sulfide) groups is 1. The van der Waals surface area contributed by atoms with Crippen molar-refractivity contribution in [3.05, 3.63) is 0 Å². The van der Waals surface area contributed by atoms with Gasteiger partial charge in [0.1, 0.15) is 0 Å². The van der Waals surface area contributed by atoms with E-state index in [9.17, 15) is 4.79 Å². The molecule has 0 aliphatic rings. The molecule has 0 aromatic heterocycles. The van der Waals surface area contributed by atoms with Gasteiger partial charge in [0.05, 0.1) is 6.04 Å². The number of nitrogens with two attached hydrogens (primary N) is 1. The van der Waals surface area contributed by atoms with Gasteiger partial charge in [-0.15, -0.1) is 0 Å². The highest BCUT2D eigenvalue weighted by molar-refractivity contribution is 7.98. The second-order valence-corrected chi connectivity index (χ2v) is 2.09. The summed E-state index contributed by atoms with van der Waals surface area (Å²) < 4.78 is 0. The molecule has 2 nitrogen and oxygen atoms in total. The molecule has 0 unspecified atom stereocenters. The highest BCUT2D eigenvalue weighted by Gasteiger charge is 1.95. The Morgan fingerprint density at radius 2 is 2.57 bits per heavy atom. The lowest BCUT2D eigenvalue weighted by Crippen LogP contribution is -2.23. The van der Waals surface area contributed by atoms with Crippen LogP contribution in [-0.2, 0) is 4.79 Å². The second kappa shape index (κ2) is 4.15. The Balaban J connectivity index is 2.98. The van der Waals surface area contributed by atoms with Crippen LogP contribution in [0.15, 0.2) is 0 Å². The third-order valence-corrected chi connectivity index (χ3v) is 1.19. The molecule has 1 atom stereocenters. The highest BCUT2D eigenvalue weighted by atomic mass is 32.2. The van der Waals surface area contributed by atoms with Gasteiger partial charge < -0.3 is 5.73 Å². The van der Waals surface area contributed by atoms with Crippen molar-refractivity contribution < 1.29 is 4.79 Å². The van der Waals surface area contributed by atoms with Gasteiger partial charge >= 0.3 is 0 Å². The summed E-state index contributed by atoms with van der Waals surface area (Å²) in [6.07, 6.45) is 3.57. The maximum Gasteiger partial charge on any atom is 0.217 e. The smallest absolute Gasteiger partial charge is 0.217 e. The summed E-state index contributed by atoms with van der Waals surface area (Å²) in [5.74, 6) is 0.670. The van der Waals surface area contributed by atoms with Crippen LogP contribution in [0, 0.1) is 0 Å². The molecule has 0 saturated carbocycles. The predicted molar refractivity (Wildman–Crippen MR) is 32.1 cm³/mol. The summed E-state index contributed by atoms with van der Waals surface area (Å²) in [5.41, 5.74) is 5.14. The van der Waals surface area contributed by atoms with Crippen molar-refractivity contribution >= 4 is 18.0 Å². The molecule has 0 aliphatic heterocycles. The zero-order chi connectivity index (χ0) is 5.70. The van der Waals surface area contributed by atoms with Crippen LogP contribution in [0.1, 0.15) is 0 Å². The average Bonchev–Trinajstić information content (AvgIpc) is 1.68. The third-order valence-electron chi connectivity index (χ3n) is 0.498. The first-order valence-electron chi connectivity index (χ1n) is 1.93. The summed E-state index contributed by atoms with van der Waals surface area (Å²) >= 11 is 1.55. The fraction of sp³-hybridized carbons (Fsp3) is 0.750. The van der Waals surface area contributed by atoms with E-state index in [4.69, 9.17) is 5.73 Å². The van der Waals surface area contributed by atoms with E-state index in [1.807, 2.05) is 6.26 Å². The van der Waals surface area contributed by atoms with Crippen molar-refractivity contribution in [3.8, 4) is 0 Å². The molecule has 0 aromatic rings. The van der Waals surface area contributed by atoms with E-state index in [1.54, 1.807) is 18.0 Å². The van der Waals surface area contributed by atoms with Crippen molar-refractivity contribution in [2.75, 3.05) is 12.0 Å². The van der Waals surface area contributed by atoms with Crippen LogP contribution in [0.25, 0.3) is 0 Å². The van der Waals surface area contributed by atoms with E-state index in [-0.39, 0.29) is 0 Å². The van der Waals surface area contributed by atoms with Crippen molar-refractivity contribution in [2.45, 2.75) is 6.04 Å². The monoisotopic (exact) mass is 118 g/mol.